The summed E-state index contributed by atoms with van der Waals surface area (Å²) < 4.78 is 14.2. The molecule has 1 heteroatoms. The van der Waals surface area contributed by atoms with Crippen LogP contribution >= 0.6 is 0 Å². The predicted octanol–water partition coefficient (Wildman–Crippen LogP) is 5.79. The summed E-state index contributed by atoms with van der Waals surface area (Å²) in [4.78, 5) is 0. The fourth-order valence-electron chi connectivity index (χ4n) is 1.31. The average Bonchev–Trinajstić information content (AvgIpc) is 2.33. The molecule has 0 aromatic heterocycles. The van der Waals surface area contributed by atoms with Crippen LogP contribution < -0.4 is 0 Å². The first-order valence-electron chi connectivity index (χ1n) is 9.00. The van der Waals surface area contributed by atoms with Crippen molar-refractivity contribution in [1.29, 1.82) is 0 Å². The fourth-order valence-corrected chi connectivity index (χ4v) is 11.5. The van der Waals surface area contributed by atoms with Crippen molar-refractivity contribution in [1.82, 2.24) is 0 Å². The van der Waals surface area contributed by atoms with Crippen LogP contribution in [0.3, 0.4) is 0 Å². The Balaban J connectivity index is 6.66. The van der Waals surface area contributed by atoms with Crippen molar-refractivity contribution in [2.24, 2.45) is 21.7 Å². The van der Waals surface area contributed by atoms with Gasteiger partial charge in [-0.1, -0.05) is 0 Å². The van der Waals surface area contributed by atoms with Gasteiger partial charge >= 0.3 is 164 Å². The second kappa shape index (κ2) is 8.24. The Bertz CT molecular complexity index is 573. The Morgan fingerprint density at radius 1 is 0.360 bits per heavy atom. The van der Waals surface area contributed by atoms with Crippen molar-refractivity contribution in [3.8, 4) is 37.6 Å². The number of rotatable bonds is 0. The van der Waals surface area contributed by atoms with E-state index in [1.165, 1.54) is 0 Å². The Labute approximate surface area is 163 Å². The van der Waals surface area contributed by atoms with Crippen molar-refractivity contribution in [2.75, 3.05) is 0 Å². The first-order valence-corrected chi connectivity index (χ1v) is 16.8. The normalized spacial score (nSPS) is 12.3. The van der Waals surface area contributed by atoms with Gasteiger partial charge in [0.15, 0.2) is 0 Å². The third kappa shape index (κ3) is 14.1. The Hall–Kier alpha value is -0.838. The summed E-state index contributed by atoms with van der Waals surface area (Å²) in [7, 11) is 0. The van der Waals surface area contributed by atoms with E-state index < -0.39 is 21.2 Å². The van der Waals surface area contributed by atoms with Gasteiger partial charge in [0.1, 0.15) is 0 Å². The molecule has 0 rings (SSSR count). The van der Waals surface area contributed by atoms with Crippen LogP contribution in [0.4, 0.5) is 0 Å². The van der Waals surface area contributed by atoms with Crippen LogP contribution in [0.2, 0.25) is 0 Å². The Morgan fingerprint density at radius 3 is 0.640 bits per heavy atom. The van der Waals surface area contributed by atoms with E-state index in [2.05, 4.69) is 121 Å². The van der Waals surface area contributed by atoms with Crippen LogP contribution in [0.5, 0.6) is 0 Å². The predicted molar refractivity (Wildman–Crippen MR) is 115 cm³/mol. The second-order valence-corrected chi connectivity index (χ2v) is 20.5. The van der Waals surface area contributed by atoms with E-state index in [-0.39, 0.29) is 21.7 Å². The summed E-state index contributed by atoms with van der Waals surface area (Å²) in [5, 5.41) is 0. The third-order valence-electron chi connectivity index (χ3n) is 2.50. The van der Waals surface area contributed by atoms with Crippen LogP contribution in [0.25, 0.3) is 0 Å². The Morgan fingerprint density at radius 2 is 0.520 bits per heavy atom. The average molecular weight is 532 g/mol. The zero-order valence-electron chi connectivity index (χ0n) is 18.5. The first-order chi connectivity index (χ1) is 10.8. The van der Waals surface area contributed by atoms with E-state index >= 15 is 0 Å². The molecular formula is C24H36Pb. The third-order valence-corrected chi connectivity index (χ3v) is 10.3. The van der Waals surface area contributed by atoms with E-state index in [9.17, 15) is 0 Å². The summed E-state index contributed by atoms with van der Waals surface area (Å²) in [6.07, 6.45) is 0. The molecule has 0 saturated carbocycles. The summed E-state index contributed by atoms with van der Waals surface area (Å²) in [5.74, 6) is 13.7. The van der Waals surface area contributed by atoms with E-state index in [1.807, 2.05) is 0 Å². The molecule has 0 radical (unpaired) electrons. The van der Waals surface area contributed by atoms with E-state index in [0.29, 0.717) is 0 Å². The molecule has 0 nitrogen and oxygen atoms in total. The van der Waals surface area contributed by atoms with Crippen molar-refractivity contribution in [2.45, 2.75) is 83.1 Å². The van der Waals surface area contributed by atoms with Crippen molar-refractivity contribution in [3.63, 3.8) is 0 Å². The topological polar surface area (TPSA) is 0 Å². The van der Waals surface area contributed by atoms with Gasteiger partial charge in [0.2, 0.25) is 0 Å². The molecule has 0 aliphatic rings. The molecule has 0 saturated heterocycles. The molecule has 25 heavy (non-hydrogen) atoms. The van der Waals surface area contributed by atoms with Gasteiger partial charge in [0, 0.05) is 0 Å². The summed E-state index contributed by atoms with van der Waals surface area (Å²) in [6.45, 7) is 25.5. The van der Waals surface area contributed by atoms with Gasteiger partial charge in [-0.25, -0.2) is 0 Å². The SMILES string of the molecule is CC(C)(C)C#[C][Pb]([C]#CC(C)(C)C)([C]#CC(C)(C)C)[C]#CC(C)(C)C. The zero-order chi connectivity index (χ0) is 20.2. The van der Waals surface area contributed by atoms with Crippen LogP contribution in [0, 0.1) is 59.3 Å². The maximum atomic E-state index is 3.54. The molecule has 0 unspecified atom stereocenters. The van der Waals surface area contributed by atoms with Crippen LogP contribution in [-0.4, -0.2) is 21.2 Å². The van der Waals surface area contributed by atoms with Gasteiger partial charge in [-0.2, -0.15) is 0 Å². The van der Waals surface area contributed by atoms with Crippen LogP contribution in [0.1, 0.15) is 83.1 Å². The molecule has 0 fully saturated rings. The Kier molecular flexibility index (Phi) is 7.96. The molecule has 0 aliphatic carbocycles. The molecule has 0 aromatic carbocycles. The number of hydrogen-bond acceptors (Lipinski definition) is 0. The first kappa shape index (κ1) is 24.2. The summed E-state index contributed by atoms with van der Waals surface area (Å²) in [6, 6.07) is 0. The molecule has 0 atom stereocenters. The second-order valence-electron chi connectivity index (χ2n) is 10.8. The van der Waals surface area contributed by atoms with Gasteiger partial charge in [-0.3, -0.25) is 0 Å². The van der Waals surface area contributed by atoms with Gasteiger partial charge in [0.05, 0.1) is 0 Å². The molecule has 0 heterocycles. The van der Waals surface area contributed by atoms with Crippen molar-refractivity contribution < 1.29 is 0 Å². The molecular weight excluding hydrogens is 495 g/mol. The zero-order valence-corrected chi connectivity index (χ0v) is 22.4. The molecule has 0 aromatic rings. The number of hydrogen-bond donors (Lipinski definition) is 0. The summed E-state index contributed by atoms with van der Waals surface area (Å²) >= 11 is -3.74. The minimum absolute atomic E-state index is 0.0680. The quantitative estimate of drug-likeness (QED) is 0.274. The van der Waals surface area contributed by atoms with Gasteiger partial charge < -0.3 is 0 Å². The standard InChI is InChI=1S/4C6H9.Pb/c4*1-5-6(2,3)4;/h4*2-4H3;. The van der Waals surface area contributed by atoms with E-state index in [1.54, 1.807) is 0 Å². The van der Waals surface area contributed by atoms with Crippen LogP contribution in [0.15, 0.2) is 0 Å². The molecule has 0 N–H and O–H groups in total. The molecule has 0 spiro atoms. The monoisotopic (exact) mass is 532 g/mol. The summed E-state index contributed by atoms with van der Waals surface area (Å²) in [5.41, 5.74) is -0.272. The van der Waals surface area contributed by atoms with Crippen LogP contribution in [-0.2, 0) is 0 Å². The van der Waals surface area contributed by atoms with Crippen molar-refractivity contribution >= 4 is 21.2 Å². The van der Waals surface area contributed by atoms with E-state index in [4.69, 9.17) is 0 Å². The molecule has 0 amide bonds. The molecule has 0 aliphatic heterocycles. The molecule has 136 valence electrons. The van der Waals surface area contributed by atoms with Crippen molar-refractivity contribution in [3.05, 3.63) is 0 Å². The van der Waals surface area contributed by atoms with Gasteiger partial charge in [0.25, 0.3) is 0 Å². The van der Waals surface area contributed by atoms with E-state index in [0.717, 1.165) is 0 Å². The molecule has 0 bridgehead atoms. The fraction of sp³-hybridized carbons (Fsp3) is 0.667. The van der Waals surface area contributed by atoms with Gasteiger partial charge in [-0.15, -0.1) is 0 Å². The maximum absolute atomic E-state index is 3.74. The van der Waals surface area contributed by atoms with Gasteiger partial charge in [-0.05, 0) is 0 Å². The minimum atomic E-state index is -3.74.